The molecule has 0 saturated heterocycles. The molecule has 0 aliphatic heterocycles. The van der Waals surface area contributed by atoms with Crippen LogP contribution in [0.3, 0.4) is 0 Å². The second-order valence-corrected chi connectivity index (χ2v) is 6.21. The van der Waals surface area contributed by atoms with Gasteiger partial charge in [0.25, 0.3) is 5.91 Å². The van der Waals surface area contributed by atoms with Crippen molar-refractivity contribution in [3.05, 3.63) is 53.9 Å². The molecule has 6 nitrogen and oxygen atoms in total. The molecule has 1 amide bonds. The van der Waals surface area contributed by atoms with Crippen LogP contribution in [0.1, 0.15) is 34.4 Å². The van der Waals surface area contributed by atoms with Crippen molar-refractivity contribution in [1.82, 2.24) is 19.9 Å². The normalized spacial score (nSPS) is 12.4. The number of hydrogen-bond acceptors (Lipinski definition) is 5. The predicted octanol–water partition coefficient (Wildman–Crippen LogP) is 2.85. The minimum absolute atomic E-state index is 0.225. The Kier molecular flexibility index (Phi) is 4.66. The first-order valence-corrected chi connectivity index (χ1v) is 8.73. The zero-order chi connectivity index (χ0) is 16.2. The highest BCUT2D eigenvalue weighted by Gasteiger charge is 2.22. The Morgan fingerprint density at radius 2 is 2.26 bits per heavy atom. The molecule has 0 radical (unpaired) electrons. The molecular weight excluding hydrogens is 312 g/mol. The molecule has 0 unspecified atom stereocenters. The van der Waals surface area contributed by atoms with E-state index in [2.05, 4.69) is 15.5 Å². The van der Waals surface area contributed by atoms with Crippen molar-refractivity contribution in [1.29, 1.82) is 0 Å². The van der Waals surface area contributed by atoms with Crippen molar-refractivity contribution in [3.8, 4) is 0 Å². The lowest BCUT2D eigenvalue weighted by molar-refractivity contribution is 0.0905. The summed E-state index contributed by atoms with van der Waals surface area (Å²) in [6.45, 7) is 1.85. The number of rotatable bonds is 6. The molecule has 3 aromatic heterocycles. The number of nitrogens with one attached hydrogen (secondary N) is 1. The van der Waals surface area contributed by atoms with Crippen LogP contribution in [0.4, 0.5) is 0 Å². The lowest BCUT2D eigenvalue weighted by Crippen LogP contribution is -2.30. The molecule has 3 heterocycles. The Morgan fingerprint density at radius 3 is 3.00 bits per heavy atom. The summed E-state index contributed by atoms with van der Waals surface area (Å²) in [5.41, 5.74) is 1.58. The monoisotopic (exact) mass is 330 g/mol. The topological polar surface area (TPSA) is 72.4 Å². The summed E-state index contributed by atoms with van der Waals surface area (Å²) in [5.74, 6) is 1.75. The van der Waals surface area contributed by atoms with Crippen LogP contribution in [0.25, 0.3) is 5.65 Å². The van der Waals surface area contributed by atoms with E-state index in [0.29, 0.717) is 5.76 Å². The number of thioether (sulfide) groups is 1. The van der Waals surface area contributed by atoms with Gasteiger partial charge in [-0.3, -0.25) is 9.20 Å². The van der Waals surface area contributed by atoms with E-state index < -0.39 is 0 Å². The van der Waals surface area contributed by atoms with Crippen molar-refractivity contribution in [2.24, 2.45) is 0 Å². The Morgan fingerprint density at radius 1 is 1.39 bits per heavy atom. The van der Waals surface area contributed by atoms with E-state index in [4.69, 9.17) is 4.42 Å². The standard InChI is InChI=1S/C16H18N4O2S/c1-11-6-9-22-14(11)16(21)17-12(7-10-23-2)15-19-18-13-5-3-4-8-20(13)15/h3-6,8-9,12H,7,10H2,1-2H3,(H,17,21)/t12-/m0/s1. The molecule has 0 aliphatic carbocycles. The molecule has 0 aromatic carbocycles. The number of amides is 1. The summed E-state index contributed by atoms with van der Waals surface area (Å²) in [6.07, 6.45) is 6.23. The Bertz CT molecular complexity index is 811. The summed E-state index contributed by atoms with van der Waals surface area (Å²) in [4.78, 5) is 12.5. The van der Waals surface area contributed by atoms with Gasteiger partial charge in [-0.15, -0.1) is 10.2 Å². The van der Waals surface area contributed by atoms with Crippen LogP contribution < -0.4 is 5.32 Å². The summed E-state index contributed by atoms with van der Waals surface area (Å²) < 4.78 is 7.18. The van der Waals surface area contributed by atoms with Gasteiger partial charge in [-0.2, -0.15) is 11.8 Å². The van der Waals surface area contributed by atoms with Gasteiger partial charge in [0.2, 0.25) is 0 Å². The highest BCUT2D eigenvalue weighted by atomic mass is 32.2. The van der Waals surface area contributed by atoms with Gasteiger partial charge in [-0.1, -0.05) is 6.07 Å². The van der Waals surface area contributed by atoms with Crippen molar-refractivity contribution in [3.63, 3.8) is 0 Å². The number of carbonyl (C=O) groups excluding carboxylic acids is 1. The lowest BCUT2D eigenvalue weighted by atomic mass is 10.2. The summed E-state index contributed by atoms with van der Waals surface area (Å²) in [7, 11) is 0. The average molecular weight is 330 g/mol. The number of aromatic nitrogens is 3. The van der Waals surface area contributed by atoms with E-state index in [0.717, 1.165) is 29.2 Å². The molecule has 0 bridgehead atoms. The zero-order valence-electron chi connectivity index (χ0n) is 13.0. The first-order valence-electron chi connectivity index (χ1n) is 7.34. The third kappa shape index (κ3) is 3.24. The minimum Gasteiger partial charge on any atom is -0.459 e. The zero-order valence-corrected chi connectivity index (χ0v) is 13.8. The Labute approximate surface area is 138 Å². The maximum Gasteiger partial charge on any atom is 0.287 e. The van der Waals surface area contributed by atoms with E-state index in [1.807, 2.05) is 42.0 Å². The van der Waals surface area contributed by atoms with Crippen molar-refractivity contribution < 1.29 is 9.21 Å². The molecule has 0 aliphatic rings. The summed E-state index contributed by atoms with van der Waals surface area (Å²) >= 11 is 1.73. The molecule has 3 rings (SSSR count). The van der Waals surface area contributed by atoms with E-state index in [1.54, 1.807) is 17.8 Å². The van der Waals surface area contributed by atoms with E-state index >= 15 is 0 Å². The molecular formula is C16H18N4O2S. The Balaban J connectivity index is 1.89. The van der Waals surface area contributed by atoms with Crippen molar-refractivity contribution in [2.75, 3.05) is 12.0 Å². The second-order valence-electron chi connectivity index (χ2n) is 5.23. The molecule has 1 atom stereocenters. The number of furan rings is 1. The number of carbonyl (C=O) groups is 1. The van der Waals surface area contributed by atoms with Crippen LogP contribution in [0.5, 0.6) is 0 Å². The number of aryl methyl sites for hydroxylation is 1. The molecule has 0 saturated carbocycles. The van der Waals surface area contributed by atoms with Crippen LogP contribution in [-0.4, -0.2) is 32.5 Å². The van der Waals surface area contributed by atoms with Crippen molar-refractivity contribution >= 4 is 23.3 Å². The van der Waals surface area contributed by atoms with Gasteiger partial charge in [0.1, 0.15) is 0 Å². The largest absolute Gasteiger partial charge is 0.459 e. The molecule has 7 heteroatoms. The number of hydrogen-bond donors (Lipinski definition) is 1. The van der Waals surface area contributed by atoms with Crippen LogP contribution in [0, 0.1) is 6.92 Å². The van der Waals surface area contributed by atoms with E-state index in [-0.39, 0.29) is 11.9 Å². The second kappa shape index (κ2) is 6.87. The minimum atomic E-state index is -0.230. The van der Waals surface area contributed by atoms with Crippen molar-refractivity contribution in [2.45, 2.75) is 19.4 Å². The molecule has 1 N–H and O–H groups in total. The summed E-state index contributed by atoms with van der Waals surface area (Å²) in [5, 5.41) is 11.5. The Hall–Kier alpha value is -2.28. The third-order valence-corrected chi connectivity index (χ3v) is 4.28. The number of pyridine rings is 1. The van der Waals surface area contributed by atoms with Crippen LogP contribution in [0.15, 0.2) is 41.1 Å². The van der Waals surface area contributed by atoms with Gasteiger partial charge in [-0.25, -0.2) is 0 Å². The van der Waals surface area contributed by atoms with E-state index in [1.165, 1.54) is 6.26 Å². The average Bonchev–Trinajstić information content (AvgIpc) is 3.17. The predicted molar refractivity (Wildman–Crippen MR) is 89.6 cm³/mol. The number of fused-ring (bicyclic) bond motifs is 1. The molecule has 0 spiro atoms. The fourth-order valence-electron chi connectivity index (χ4n) is 2.43. The quantitative estimate of drug-likeness (QED) is 0.752. The van der Waals surface area contributed by atoms with Gasteiger partial charge in [0.15, 0.2) is 17.2 Å². The lowest BCUT2D eigenvalue weighted by Gasteiger charge is -2.16. The molecule has 3 aromatic rings. The molecule has 0 fully saturated rings. The van der Waals surface area contributed by atoms with Gasteiger partial charge >= 0.3 is 0 Å². The van der Waals surface area contributed by atoms with E-state index in [9.17, 15) is 4.79 Å². The maximum atomic E-state index is 12.5. The molecule has 23 heavy (non-hydrogen) atoms. The maximum absolute atomic E-state index is 12.5. The van der Waals surface area contributed by atoms with Gasteiger partial charge in [0.05, 0.1) is 12.3 Å². The first-order chi connectivity index (χ1) is 11.2. The third-order valence-electron chi connectivity index (χ3n) is 3.64. The smallest absolute Gasteiger partial charge is 0.287 e. The van der Waals surface area contributed by atoms with Gasteiger partial charge in [0, 0.05) is 11.8 Å². The van der Waals surface area contributed by atoms with Gasteiger partial charge < -0.3 is 9.73 Å². The van der Waals surface area contributed by atoms with Crippen LogP contribution >= 0.6 is 11.8 Å². The first kappa shape index (κ1) is 15.6. The highest BCUT2D eigenvalue weighted by Crippen LogP contribution is 2.19. The van der Waals surface area contributed by atoms with Crippen LogP contribution in [-0.2, 0) is 0 Å². The van der Waals surface area contributed by atoms with Gasteiger partial charge in [-0.05, 0) is 43.6 Å². The fourth-order valence-corrected chi connectivity index (χ4v) is 2.90. The SMILES string of the molecule is CSCC[C@H](NC(=O)c1occc1C)c1nnc2ccccn12. The molecule has 120 valence electrons. The highest BCUT2D eigenvalue weighted by molar-refractivity contribution is 7.98. The number of nitrogens with zero attached hydrogens (tertiary/aromatic N) is 3. The summed E-state index contributed by atoms with van der Waals surface area (Å²) in [6, 6.07) is 7.27. The van der Waals surface area contributed by atoms with Crippen LogP contribution in [0.2, 0.25) is 0 Å². The fraction of sp³-hybridized carbons (Fsp3) is 0.312.